The predicted molar refractivity (Wildman–Crippen MR) is 74.8 cm³/mol. The summed E-state index contributed by atoms with van der Waals surface area (Å²) in [6, 6.07) is 0. The van der Waals surface area contributed by atoms with Gasteiger partial charge in [0.1, 0.15) is 16.9 Å². The second-order valence-electron chi connectivity index (χ2n) is 4.57. The molecule has 1 fully saturated rings. The molecule has 2 aromatic heterocycles. The topological polar surface area (TPSA) is 69.9 Å². The first-order valence-corrected chi connectivity index (χ1v) is 7.60. The molecular formula is C12H13ClN4O2S. The van der Waals surface area contributed by atoms with E-state index in [-0.39, 0.29) is 0 Å². The molecule has 0 unspecified atom stereocenters. The standard InChI is InChI=1S/C12H13ClN4O2S/c1-2-19-11(18)9-8(16-12(13)20-9)10-14-6-15-17(10)5-7-3-4-7/h6-7H,2-5H2,1H3. The Labute approximate surface area is 124 Å². The van der Waals surface area contributed by atoms with Gasteiger partial charge < -0.3 is 4.74 Å². The van der Waals surface area contributed by atoms with Crippen molar-refractivity contribution in [3.8, 4) is 11.5 Å². The van der Waals surface area contributed by atoms with Crippen LogP contribution in [0.15, 0.2) is 6.33 Å². The number of ether oxygens (including phenoxy) is 1. The van der Waals surface area contributed by atoms with Crippen LogP contribution in [0.3, 0.4) is 0 Å². The van der Waals surface area contributed by atoms with Crippen molar-refractivity contribution in [3.63, 3.8) is 0 Å². The van der Waals surface area contributed by atoms with E-state index in [0.717, 1.165) is 17.9 Å². The van der Waals surface area contributed by atoms with Crippen LogP contribution in [0.25, 0.3) is 11.5 Å². The zero-order valence-corrected chi connectivity index (χ0v) is 12.4. The third kappa shape index (κ3) is 2.69. The molecule has 1 aliphatic carbocycles. The maximum absolute atomic E-state index is 12.0. The number of carbonyl (C=O) groups is 1. The van der Waals surface area contributed by atoms with Gasteiger partial charge >= 0.3 is 5.97 Å². The second kappa shape index (κ2) is 5.49. The van der Waals surface area contributed by atoms with Crippen molar-refractivity contribution >= 4 is 28.9 Å². The molecule has 0 bridgehead atoms. The molecule has 3 rings (SSSR count). The summed E-state index contributed by atoms with van der Waals surface area (Å²) in [6.45, 7) is 2.87. The largest absolute Gasteiger partial charge is 0.462 e. The Morgan fingerprint density at radius 3 is 3.10 bits per heavy atom. The van der Waals surface area contributed by atoms with Crippen LogP contribution in [0, 0.1) is 5.92 Å². The smallest absolute Gasteiger partial charge is 0.350 e. The van der Waals surface area contributed by atoms with E-state index in [1.165, 1.54) is 19.2 Å². The number of nitrogens with zero attached hydrogens (tertiary/aromatic N) is 4. The van der Waals surface area contributed by atoms with E-state index in [9.17, 15) is 4.79 Å². The zero-order chi connectivity index (χ0) is 14.1. The summed E-state index contributed by atoms with van der Waals surface area (Å²) in [6.07, 6.45) is 3.89. The molecule has 1 saturated carbocycles. The molecule has 8 heteroatoms. The number of esters is 1. The lowest BCUT2D eigenvalue weighted by molar-refractivity contribution is 0.0532. The molecule has 0 aromatic carbocycles. The van der Waals surface area contributed by atoms with Crippen molar-refractivity contribution in [2.75, 3.05) is 6.61 Å². The molecule has 0 saturated heterocycles. The van der Waals surface area contributed by atoms with Gasteiger partial charge in [-0.25, -0.2) is 19.4 Å². The highest BCUT2D eigenvalue weighted by Gasteiger charge is 2.27. The van der Waals surface area contributed by atoms with Crippen LogP contribution in [0.1, 0.15) is 29.4 Å². The second-order valence-corrected chi connectivity index (χ2v) is 6.16. The Morgan fingerprint density at radius 1 is 1.60 bits per heavy atom. The minimum Gasteiger partial charge on any atom is -0.462 e. The van der Waals surface area contributed by atoms with Crippen molar-refractivity contribution in [2.45, 2.75) is 26.3 Å². The number of thiazole rings is 1. The van der Waals surface area contributed by atoms with Gasteiger partial charge in [0.2, 0.25) is 0 Å². The normalized spacial score (nSPS) is 14.5. The van der Waals surface area contributed by atoms with Gasteiger partial charge in [-0.1, -0.05) is 22.9 Å². The van der Waals surface area contributed by atoms with Gasteiger partial charge in [0.25, 0.3) is 0 Å². The van der Waals surface area contributed by atoms with E-state index in [0.29, 0.717) is 33.4 Å². The third-order valence-corrected chi connectivity index (χ3v) is 4.16. The summed E-state index contributed by atoms with van der Waals surface area (Å²) in [7, 11) is 0. The van der Waals surface area contributed by atoms with E-state index >= 15 is 0 Å². The highest BCUT2D eigenvalue weighted by Crippen LogP contribution is 2.34. The molecule has 0 spiro atoms. The van der Waals surface area contributed by atoms with E-state index in [4.69, 9.17) is 16.3 Å². The molecule has 2 heterocycles. The van der Waals surface area contributed by atoms with Crippen molar-refractivity contribution in [2.24, 2.45) is 5.92 Å². The van der Waals surface area contributed by atoms with Gasteiger partial charge in [-0.2, -0.15) is 5.10 Å². The molecule has 0 aliphatic heterocycles. The van der Waals surface area contributed by atoms with Crippen LogP contribution in [-0.2, 0) is 11.3 Å². The van der Waals surface area contributed by atoms with Gasteiger partial charge in [0, 0.05) is 6.54 Å². The van der Waals surface area contributed by atoms with E-state index in [1.807, 2.05) is 0 Å². The lowest BCUT2D eigenvalue weighted by Crippen LogP contribution is -2.08. The highest BCUT2D eigenvalue weighted by atomic mass is 35.5. The van der Waals surface area contributed by atoms with Gasteiger partial charge in [-0.3, -0.25) is 0 Å². The summed E-state index contributed by atoms with van der Waals surface area (Å²) in [5.41, 5.74) is 0.455. The molecule has 20 heavy (non-hydrogen) atoms. The molecule has 6 nitrogen and oxygen atoms in total. The van der Waals surface area contributed by atoms with Crippen LogP contribution >= 0.6 is 22.9 Å². The zero-order valence-electron chi connectivity index (χ0n) is 10.9. The predicted octanol–water partition coefficient (Wildman–Crippen LogP) is 2.64. The van der Waals surface area contributed by atoms with Gasteiger partial charge in [0.05, 0.1) is 6.61 Å². The first-order valence-electron chi connectivity index (χ1n) is 6.40. The third-order valence-electron chi connectivity index (χ3n) is 3.02. The number of hydrogen-bond acceptors (Lipinski definition) is 6. The van der Waals surface area contributed by atoms with Crippen LogP contribution in [0.2, 0.25) is 4.47 Å². The summed E-state index contributed by atoms with van der Waals surface area (Å²) >= 11 is 7.04. The van der Waals surface area contributed by atoms with E-state index in [2.05, 4.69) is 15.1 Å². The summed E-state index contributed by atoms with van der Waals surface area (Å²) in [4.78, 5) is 20.7. The van der Waals surface area contributed by atoms with Crippen LogP contribution in [0.5, 0.6) is 0 Å². The van der Waals surface area contributed by atoms with E-state index in [1.54, 1.807) is 11.6 Å². The number of hydrogen-bond donors (Lipinski definition) is 0. The Kier molecular flexibility index (Phi) is 3.71. The fourth-order valence-corrected chi connectivity index (χ4v) is 2.90. The summed E-state index contributed by atoms with van der Waals surface area (Å²) in [5.74, 6) is 0.798. The minimum absolute atomic E-state index is 0.295. The Bertz CT molecular complexity index is 635. The minimum atomic E-state index is -0.423. The first-order chi connectivity index (χ1) is 9.69. The fraction of sp³-hybridized carbons (Fsp3) is 0.500. The number of halogens is 1. The first kappa shape index (κ1) is 13.5. The molecule has 0 atom stereocenters. The fourth-order valence-electron chi connectivity index (χ4n) is 1.91. The van der Waals surface area contributed by atoms with E-state index < -0.39 is 5.97 Å². The summed E-state index contributed by atoms with van der Waals surface area (Å²) < 4.78 is 7.11. The average molecular weight is 313 g/mol. The lowest BCUT2D eigenvalue weighted by Gasteiger charge is -2.04. The molecule has 2 aromatic rings. The van der Waals surface area contributed by atoms with Gasteiger partial charge in [-0.05, 0) is 25.7 Å². The average Bonchev–Trinajstić information content (AvgIpc) is 2.96. The lowest BCUT2D eigenvalue weighted by atomic mass is 10.3. The SMILES string of the molecule is CCOC(=O)c1sc(Cl)nc1-c1ncnn1CC1CC1. The molecule has 0 N–H and O–H groups in total. The Hall–Kier alpha value is -1.47. The van der Waals surface area contributed by atoms with Crippen molar-refractivity contribution < 1.29 is 9.53 Å². The molecule has 106 valence electrons. The number of rotatable bonds is 5. The van der Waals surface area contributed by atoms with Crippen molar-refractivity contribution in [1.82, 2.24) is 19.7 Å². The molecular weight excluding hydrogens is 300 g/mol. The maximum atomic E-state index is 12.0. The Balaban J connectivity index is 1.96. The van der Waals surface area contributed by atoms with Crippen LogP contribution in [0.4, 0.5) is 0 Å². The monoisotopic (exact) mass is 312 g/mol. The highest BCUT2D eigenvalue weighted by molar-refractivity contribution is 7.17. The maximum Gasteiger partial charge on any atom is 0.350 e. The quantitative estimate of drug-likeness (QED) is 0.794. The number of aromatic nitrogens is 4. The van der Waals surface area contributed by atoms with Gasteiger partial charge in [-0.15, -0.1) is 0 Å². The Morgan fingerprint density at radius 2 is 2.40 bits per heavy atom. The summed E-state index contributed by atoms with van der Waals surface area (Å²) in [5, 5.41) is 4.20. The number of carbonyl (C=O) groups excluding carboxylic acids is 1. The van der Waals surface area contributed by atoms with Gasteiger partial charge in [0.15, 0.2) is 10.3 Å². The molecule has 1 aliphatic rings. The molecule has 0 amide bonds. The van der Waals surface area contributed by atoms with Crippen LogP contribution in [-0.4, -0.2) is 32.3 Å². The van der Waals surface area contributed by atoms with Crippen LogP contribution < -0.4 is 0 Å². The molecule has 0 radical (unpaired) electrons. The van der Waals surface area contributed by atoms with Crippen molar-refractivity contribution in [3.05, 3.63) is 15.7 Å². The van der Waals surface area contributed by atoms with Crippen molar-refractivity contribution in [1.29, 1.82) is 0 Å².